The van der Waals surface area contributed by atoms with Gasteiger partial charge in [0.1, 0.15) is 6.73 Å². The van der Waals surface area contributed by atoms with E-state index >= 15 is 0 Å². The van der Waals surface area contributed by atoms with Gasteiger partial charge in [-0.1, -0.05) is 50.7 Å². The van der Waals surface area contributed by atoms with E-state index in [-0.39, 0.29) is 5.56 Å². The van der Waals surface area contributed by atoms with Crippen LogP contribution in [0.25, 0.3) is 33.1 Å². The minimum absolute atomic E-state index is 0.0518. The summed E-state index contributed by atoms with van der Waals surface area (Å²) in [6, 6.07) is 5.45. The largest absolute Gasteiger partial charge is 0.361 e. The molecule has 1 aliphatic carbocycles. The lowest BCUT2D eigenvalue weighted by Crippen LogP contribution is -2.38. The van der Waals surface area contributed by atoms with Crippen LogP contribution in [0.1, 0.15) is 26.2 Å². The van der Waals surface area contributed by atoms with Gasteiger partial charge >= 0.3 is 0 Å². The summed E-state index contributed by atoms with van der Waals surface area (Å²) in [5.41, 5.74) is 3.02. The lowest BCUT2D eigenvalue weighted by molar-refractivity contribution is 0.0899. The minimum Gasteiger partial charge on any atom is -0.361 e. The van der Waals surface area contributed by atoms with Gasteiger partial charge in [-0.2, -0.15) is 10.1 Å². The number of aryl methyl sites for hydroxylation is 1. The van der Waals surface area contributed by atoms with Crippen molar-refractivity contribution in [2.24, 2.45) is 25.9 Å². The fourth-order valence-corrected chi connectivity index (χ4v) is 7.82. The van der Waals surface area contributed by atoms with E-state index in [2.05, 4.69) is 36.6 Å². The number of rotatable bonds is 8. The van der Waals surface area contributed by atoms with Crippen LogP contribution in [0, 0.1) is 11.8 Å². The molecule has 4 heterocycles. The zero-order valence-electron chi connectivity index (χ0n) is 23.9. The summed E-state index contributed by atoms with van der Waals surface area (Å²) in [4.78, 5) is 21.7. The van der Waals surface area contributed by atoms with E-state index in [0.29, 0.717) is 47.3 Å². The van der Waals surface area contributed by atoms with E-state index in [1.54, 1.807) is 9.25 Å². The summed E-state index contributed by atoms with van der Waals surface area (Å²) in [6.45, 7) is 11.3. The van der Waals surface area contributed by atoms with Crippen molar-refractivity contribution in [1.29, 1.82) is 0 Å². The molecule has 208 valence electrons. The van der Waals surface area contributed by atoms with E-state index in [0.717, 1.165) is 40.6 Å². The molecule has 1 saturated heterocycles. The smallest absolute Gasteiger partial charge is 0.264 e. The van der Waals surface area contributed by atoms with E-state index in [4.69, 9.17) is 21.3 Å². The Bertz CT molecular complexity index is 1620. The monoisotopic (exact) mass is 566 g/mol. The highest BCUT2D eigenvalue weighted by Gasteiger charge is 2.47. The Morgan fingerprint density at radius 1 is 1.13 bits per heavy atom. The topological polar surface area (TPSA) is 70.1 Å². The van der Waals surface area contributed by atoms with Crippen LogP contribution >= 0.6 is 11.6 Å². The number of piperidine rings is 1. The molecule has 2 bridgehead atoms. The van der Waals surface area contributed by atoms with Gasteiger partial charge in [-0.25, -0.2) is 0 Å². The van der Waals surface area contributed by atoms with E-state index < -0.39 is 8.07 Å². The Hall–Kier alpha value is -2.62. The van der Waals surface area contributed by atoms with Crippen LogP contribution in [0.15, 0.2) is 29.3 Å². The molecular weight excluding hydrogens is 528 g/mol. The van der Waals surface area contributed by atoms with Crippen molar-refractivity contribution < 1.29 is 4.74 Å². The summed E-state index contributed by atoms with van der Waals surface area (Å²) in [7, 11) is 2.52. The van der Waals surface area contributed by atoms with Crippen LogP contribution in [-0.2, 0) is 25.6 Å². The fourth-order valence-electron chi connectivity index (χ4n) is 6.76. The Balaban J connectivity index is 1.48. The number of ether oxygens (including phenoxy) is 1. The number of aromatic nitrogens is 5. The van der Waals surface area contributed by atoms with Gasteiger partial charge in [0.2, 0.25) is 5.95 Å². The highest BCUT2D eigenvalue weighted by molar-refractivity contribution is 6.76. The molecule has 2 aliphatic rings. The highest BCUT2D eigenvalue weighted by atomic mass is 35.5. The number of benzene rings is 1. The molecule has 1 saturated carbocycles. The summed E-state index contributed by atoms with van der Waals surface area (Å²) < 4.78 is 11.7. The van der Waals surface area contributed by atoms with E-state index in [1.807, 2.05) is 43.2 Å². The van der Waals surface area contributed by atoms with Crippen LogP contribution in [-0.4, -0.2) is 51.2 Å². The number of nitrogens with zero attached hydrogens (tertiary/aromatic N) is 6. The van der Waals surface area contributed by atoms with Gasteiger partial charge in [0, 0.05) is 70.3 Å². The van der Waals surface area contributed by atoms with Crippen molar-refractivity contribution in [2.45, 2.75) is 64.6 Å². The maximum Gasteiger partial charge on any atom is 0.264 e. The highest BCUT2D eigenvalue weighted by Crippen LogP contribution is 2.46. The SMILES string of the molecule is CC[C@H]1[C@H]2CC[C@@H]1N(c1nc3c(c(-c4ccc5nn(C)cc5c4Cl)cn3COCC[Si](C)(C)C)c(=O)n1C)C2. The van der Waals surface area contributed by atoms with Gasteiger partial charge in [-0.05, 0) is 36.8 Å². The molecular formula is C29H39ClN6O2Si. The predicted molar refractivity (Wildman–Crippen MR) is 161 cm³/mol. The molecule has 10 heteroatoms. The molecule has 0 spiro atoms. The summed E-state index contributed by atoms with van der Waals surface area (Å²) in [5.74, 6) is 2.12. The number of hydrogen-bond donors (Lipinski definition) is 0. The lowest BCUT2D eigenvalue weighted by atomic mass is 9.96. The van der Waals surface area contributed by atoms with Gasteiger partial charge < -0.3 is 14.2 Å². The van der Waals surface area contributed by atoms with Gasteiger partial charge in [0.05, 0.1) is 15.9 Å². The molecule has 3 aromatic heterocycles. The van der Waals surface area contributed by atoms with Gasteiger partial charge in [-0.15, -0.1) is 0 Å². The van der Waals surface area contributed by atoms with Crippen molar-refractivity contribution in [3.63, 3.8) is 0 Å². The Morgan fingerprint density at radius 2 is 1.92 bits per heavy atom. The quantitative estimate of drug-likeness (QED) is 0.197. The van der Waals surface area contributed by atoms with Crippen molar-refractivity contribution >= 4 is 47.6 Å². The first-order valence-electron chi connectivity index (χ1n) is 14.1. The molecule has 0 N–H and O–H groups in total. The number of anilines is 1. The summed E-state index contributed by atoms with van der Waals surface area (Å²) in [6.07, 6.45) is 7.52. The number of hydrogen-bond acceptors (Lipinski definition) is 5. The van der Waals surface area contributed by atoms with E-state index in [9.17, 15) is 4.79 Å². The normalized spacial score (nSPS) is 21.2. The average molecular weight is 567 g/mol. The van der Waals surface area contributed by atoms with E-state index in [1.165, 1.54) is 19.3 Å². The molecule has 4 aromatic rings. The van der Waals surface area contributed by atoms with Gasteiger partial charge in [-0.3, -0.25) is 14.0 Å². The standard InChI is InChI=1S/C29H39ClN6O2Si/c1-7-19-18-8-11-24(19)36(14-18)29-31-27-25(28(37)34(29)3)21(16-35(27)17-38-12-13-39(4,5)6)20-9-10-23-22(26(20)30)15-33(2)32-23/h9-10,15-16,18-19,24H,7-8,11-14,17H2,1-6H3/t18-,19-,24-/m0/s1. The van der Waals surface area contributed by atoms with Gasteiger partial charge in [0.25, 0.3) is 5.56 Å². The summed E-state index contributed by atoms with van der Waals surface area (Å²) in [5, 5.41) is 6.53. The number of halogens is 1. The second-order valence-electron chi connectivity index (χ2n) is 12.6. The van der Waals surface area contributed by atoms with Crippen LogP contribution in [0.3, 0.4) is 0 Å². The molecule has 39 heavy (non-hydrogen) atoms. The van der Waals surface area contributed by atoms with Crippen LogP contribution < -0.4 is 10.5 Å². The Kier molecular flexibility index (Phi) is 6.67. The molecule has 0 unspecified atom stereocenters. The second-order valence-corrected chi connectivity index (χ2v) is 18.6. The van der Waals surface area contributed by atoms with Crippen LogP contribution in [0.2, 0.25) is 30.7 Å². The molecule has 3 atom stereocenters. The molecule has 0 radical (unpaired) electrons. The maximum atomic E-state index is 14.1. The molecule has 6 rings (SSSR count). The Morgan fingerprint density at radius 3 is 2.64 bits per heavy atom. The molecule has 8 nitrogen and oxygen atoms in total. The van der Waals surface area contributed by atoms with Gasteiger partial charge in [0.15, 0.2) is 5.65 Å². The fraction of sp³-hybridized carbons (Fsp3) is 0.552. The molecule has 2 fully saturated rings. The third-order valence-electron chi connectivity index (χ3n) is 8.82. The van der Waals surface area contributed by atoms with Crippen LogP contribution in [0.5, 0.6) is 0 Å². The Labute approximate surface area is 235 Å². The average Bonchev–Trinajstić information content (AvgIpc) is 3.64. The minimum atomic E-state index is -1.22. The zero-order chi connectivity index (χ0) is 27.6. The van der Waals surface area contributed by atoms with Crippen molar-refractivity contribution in [3.05, 3.63) is 39.9 Å². The van der Waals surface area contributed by atoms with Crippen molar-refractivity contribution in [2.75, 3.05) is 18.1 Å². The molecule has 0 amide bonds. The lowest BCUT2D eigenvalue weighted by Gasteiger charge is -2.30. The first-order valence-corrected chi connectivity index (χ1v) is 18.2. The second kappa shape index (κ2) is 9.78. The third kappa shape index (κ3) is 4.52. The first kappa shape index (κ1) is 26.6. The first-order chi connectivity index (χ1) is 18.6. The van der Waals surface area contributed by atoms with Crippen molar-refractivity contribution in [1.82, 2.24) is 23.9 Å². The predicted octanol–water partition coefficient (Wildman–Crippen LogP) is 5.88. The third-order valence-corrected chi connectivity index (χ3v) is 10.9. The number of fused-ring (bicyclic) bond motifs is 4. The maximum absolute atomic E-state index is 14.1. The molecule has 1 aromatic carbocycles. The summed E-state index contributed by atoms with van der Waals surface area (Å²) >= 11 is 6.95. The van der Waals surface area contributed by atoms with Crippen LogP contribution in [0.4, 0.5) is 5.95 Å². The van der Waals surface area contributed by atoms with Crippen molar-refractivity contribution in [3.8, 4) is 11.1 Å². The molecule has 1 aliphatic heterocycles. The zero-order valence-corrected chi connectivity index (χ0v) is 25.6.